The lowest BCUT2D eigenvalue weighted by Crippen LogP contribution is -2.15. The summed E-state index contributed by atoms with van der Waals surface area (Å²) in [4.78, 5) is 27.1. The SMILES string of the molecule is C#CCn1c(=NC(=O)C=Cc2ccc([N+](=O)[O-])cc2)sc2cc(Br)ccc21. The summed E-state index contributed by atoms with van der Waals surface area (Å²) in [6.45, 7) is 0.305. The minimum atomic E-state index is -0.474. The zero-order chi connectivity index (χ0) is 19.4. The van der Waals surface area contributed by atoms with Gasteiger partial charge in [0.1, 0.15) is 0 Å². The quantitative estimate of drug-likeness (QED) is 0.264. The predicted molar refractivity (Wildman–Crippen MR) is 109 cm³/mol. The lowest BCUT2D eigenvalue weighted by Gasteiger charge is -1.99. The minimum absolute atomic E-state index is 0.00470. The van der Waals surface area contributed by atoms with Crippen LogP contribution in [0.25, 0.3) is 16.3 Å². The Morgan fingerprint density at radius 2 is 2.07 bits per heavy atom. The standard InChI is InChI=1S/C19H12BrN3O3S/c1-2-11-22-16-9-6-14(20)12-17(16)27-19(22)21-18(24)10-5-13-3-7-15(8-4-13)23(25)26/h1,3-10,12H,11H2. The summed E-state index contributed by atoms with van der Waals surface area (Å²) in [5, 5.41) is 10.7. The Bertz CT molecular complexity index is 1170. The van der Waals surface area contributed by atoms with E-state index in [1.807, 2.05) is 22.8 Å². The number of benzene rings is 2. The third-order valence-electron chi connectivity index (χ3n) is 3.62. The van der Waals surface area contributed by atoms with Gasteiger partial charge in [0.2, 0.25) is 0 Å². The molecule has 1 heterocycles. The highest BCUT2D eigenvalue weighted by Crippen LogP contribution is 2.22. The van der Waals surface area contributed by atoms with Crippen LogP contribution in [0.4, 0.5) is 5.69 Å². The van der Waals surface area contributed by atoms with E-state index < -0.39 is 10.8 Å². The van der Waals surface area contributed by atoms with Crippen molar-refractivity contribution in [2.75, 3.05) is 0 Å². The van der Waals surface area contributed by atoms with Crippen molar-refractivity contribution >= 4 is 55.2 Å². The molecular formula is C19H12BrN3O3S. The van der Waals surface area contributed by atoms with Gasteiger partial charge in [-0.05, 0) is 42.0 Å². The van der Waals surface area contributed by atoms with Crippen LogP contribution in [0.1, 0.15) is 5.56 Å². The van der Waals surface area contributed by atoms with E-state index in [2.05, 4.69) is 26.8 Å². The Morgan fingerprint density at radius 3 is 2.74 bits per heavy atom. The number of hydrogen-bond donors (Lipinski definition) is 0. The molecule has 0 saturated heterocycles. The number of rotatable bonds is 4. The fraction of sp³-hybridized carbons (Fsp3) is 0.0526. The number of carbonyl (C=O) groups excluding carboxylic acids is 1. The van der Waals surface area contributed by atoms with Gasteiger partial charge in [-0.15, -0.1) is 6.42 Å². The first-order valence-corrected chi connectivity index (χ1v) is 9.32. The maximum Gasteiger partial charge on any atom is 0.272 e. The molecule has 0 spiro atoms. The minimum Gasteiger partial charge on any atom is -0.305 e. The summed E-state index contributed by atoms with van der Waals surface area (Å²) in [5.41, 5.74) is 1.57. The third-order valence-corrected chi connectivity index (χ3v) is 5.16. The first kappa shape index (κ1) is 18.8. The molecule has 1 aromatic heterocycles. The monoisotopic (exact) mass is 441 g/mol. The van der Waals surface area contributed by atoms with Crippen LogP contribution >= 0.6 is 27.3 Å². The molecule has 2 aromatic carbocycles. The van der Waals surface area contributed by atoms with Gasteiger partial charge in [0, 0.05) is 22.7 Å². The maximum atomic E-state index is 12.2. The van der Waals surface area contributed by atoms with Crippen LogP contribution in [0, 0.1) is 22.5 Å². The molecule has 0 aliphatic heterocycles. The summed E-state index contributed by atoms with van der Waals surface area (Å²) in [7, 11) is 0. The lowest BCUT2D eigenvalue weighted by atomic mass is 10.2. The van der Waals surface area contributed by atoms with E-state index in [-0.39, 0.29) is 5.69 Å². The Morgan fingerprint density at radius 1 is 1.33 bits per heavy atom. The van der Waals surface area contributed by atoms with Gasteiger partial charge >= 0.3 is 0 Å². The molecule has 0 N–H and O–H groups in total. The van der Waals surface area contributed by atoms with Gasteiger partial charge in [0.15, 0.2) is 4.80 Å². The predicted octanol–water partition coefficient (Wildman–Crippen LogP) is 4.15. The summed E-state index contributed by atoms with van der Waals surface area (Å²) in [6, 6.07) is 11.7. The van der Waals surface area contributed by atoms with Gasteiger partial charge < -0.3 is 4.57 Å². The topological polar surface area (TPSA) is 77.5 Å². The van der Waals surface area contributed by atoms with Crippen molar-refractivity contribution in [3.05, 3.63) is 73.5 Å². The van der Waals surface area contributed by atoms with Gasteiger partial charge in [-0.1, -0.05) is 33.2 Å². The second-order valence-electron chi connectivity index (χ2n) is 5.42. The van der Waals surface area contributed by atoms with Gasteiger partial charge in [-0.25, -0.2) is 0 Å². The number of fused-ring (bicyclic) bond motifs is 1. The molecule has 0 saturated carbocycles. The first-order chi connectivity index (χ1) is 13.0. The van der Waals surface area contributed by atoms with E-state index in [9.17, 15) is 14.9 Å². The molecule has 0 aliphatic carbocycles. The summed E-state index contributed by atoms with van der Waals surface area (Å²) in [5.74, 6) is 2.14. The molecule has 134 valence electrons. The van der Waals surface area contributed by atoms with Crippen molar-refractivity contribution in [3.63, 3.8) is 0 Å². The molecule has 0 radical (unpaired) electrons. The number of amides is 1. The Hall–Kier alpha value is -3.02. The normalized spacial score (nSPS) is 11.8. The molecule has 0 aliphatic rings. The average Bonchev–Trinajstić information content (AvgIpc) is 2.97. The van der Waals surface area contributed by atoms with Crippen LogP contribution in [0.3, 0.4) is 0 Å². The smallest absolute Gasteiger partial charge is 0.272 e. The highest BCUT2D eigenvalue weighted by atomic mass is 79.9. The molecule has 0 unspecified atom stereocenters. The maximum absolute atomic E-state index is 12.2. The molecule has 27 heavy (non-hydrogen) atoms. The number of nitrogens with zero attached hydrogens (tertiary/aromatic N) is 3. The number of aromatic nitrogens is 1. The number of nitro benzene ring substituents is 1. The number of non-ortho nitro benzene ring substituents is 1. The second-order valence-corrected chi connectivity index (χ2v) is 7.34. The zero-order valence-corrected chi connectivity index (χ0v) is 16.2. The molecule has 3 aromatic rings. The zero-order valence-electron chi connectivity index (χ0n) is 13.8. The number of nitro groups is 1. The summed E-state index contributed by atoms with van der Waals surface area (Å²) < 4.78 is 3.70. The van der Waals surface area contributed by atoms with Crippen molar-refractivity contribution in [1.29, 1.82) is 0 Å². The molecule has 0 atom stereocenters. The van der Waals surface area contributed by atoms with Crippen LogP contribution in [0.2, 0.25) is 0 Å². The van der Waals surface area contributed by atoms with Crippen molar-refractivity contribution in [1.82, 2.24) is 4.57 Å². The van der Waals surface area contributed by atoms with E-state index >= 15 is 0 Å². The number of terminal acetylenes is 1. The first-order valence-electron chi connectivity index (χ1n) is 7.71. The van der Waals surface area contributed by atoms with Crippen LogP contribution in [-0.2, 0) is 11.3 Å². The lowest BCUT2D eigenvalue weighted by molar-refractivity contribution is -0.384. The van der Waals surface area contributed by atoms with Crippen molar-refractivity contribution < 1.29 is 9.72 Å². The third kappa shape index (κ3) is 4.39. The van der Waals surface area contributed by atoms with E-state index in [1.54, 1.807) is 18.2 Å². The molecule has 0 bridgehead atoms. The second kappa shape index (κ2) is 8.12. The number of thiazole rings is 1. The highest BCUT2D eigenvalue weighted by Gasteiger charge is 2.07. The van der Waals surface area contributed by atoms with E-state index in [1.165, 1.54) is 29.5 Å². The van der Waals surface area contributed by atoms with E-state index in [0.717, 1.165) is 14.7 Å². The number of hydrogen-bond acceptors (Lipinski definition) is 4. The largest absolute Gasteiger partial charge is 0.305 e. The van der Waals surface area contributed by atoms with Crippen LogP contribution in [0.5, 0.6) is 0 Å². The fourth-order valence-corrected chi connectivity index (χ4v) is 3.97. The van der Waals surface area contributed by atoms with Gasteiger partial charge in [0.25, 0.3) is 11.6 Å². The van der Waals surface area contributed by atoms with Gasteiger partial charge in [-0.2, -0.15) is 4.99 Å². The molecule has 3 rings (SSSR count). The Kier molecular flexibility index (Phi) is 5.64. The molecular weight excluding hydrogens is 430 g/mol. The van der Waals surface area contributed by atoms with E-state index in [0.29, 0.717) is 16.9 Å². The number of carbonyl (C=O) groups is 1. The summed E-state index contributed by atoms with van der Waals surface area (Å²) in [6.07, 6.45) is 8.33. The molecule has 1 amide bonds. The fourth-order valence-electron chi connectivity index (χ4n) is 2.38. The number of halogens is 1. The Labute approximate surface area is 166 Å². The van der Waals surface area contributed by atoms with Gasteiger partial charge in [-0.3, -0.25) is 14.9 Å². The van der Waals surface area contributed by atoms with E-state index in [4.69, 9.17) is 6.42 Å². The molecule has 0 fully saturated rings. The summed E-state index contributed by atoms with van der Waals surface area (Å²) >= 11 is 4.80. The molecule has 6 nitrogen and oxygen atoms in total. The van der Waals surface area contributed by atoms with Gasteiger partial charge in [0.05, 0.1) is 21.7 Å². The molecule has 8 heteroatoms. The average molecular weight is 442 g/mol. The van der Waals surface area contributed by atoms with Crippen LogP contribution < -0.4 is 4.80 Å². The highest BCUT2D eigenvalue weighted by molar-refractivity contribution is 9.10. The van der Waals surface area contributed by atoms with Crippen molar-refractivity contribution in [2.45, 2.75) is 6.54 Å². The van der Waals surface area contributed by atoms with Crippen molar-refractivity contribution in [2.24, 2.45) is 4.99 Å². The van der Waals surface area contributed by atoms with Crippen molar-refractivity contribution in [3.8, 4) is 12.3 Å². The van der Waals surface area contributed by atoms with Crippen LogP contribution in [-0.4, -0.2) is 15.4 Å². The van der Waals surface area contributed by atoms with Crippen LogP contribution in [0.15, 0.2) is 58.0 Å². The Balaban J connectivity index is 1.91.